The Kier molecular flexibility index (Phi) is 5.35. The second-order valence-electron chi connectivity index (χ2n) is 7.46. The fourth-order valence-corrected chi connectivity index (χ4v) is 3.07. The van der Waals surface area contributed by atoms with Crippen molar-refractivity contribution in [1.82, 2.24) is 4.90 Å². The van der Waals surface area contributed by atoms with Gasteiger partial charge in [-0.3, -0.25) is 9.59 Å². The highest BCUT2D eigenvalue weighted by molar-refractivity contribution is 6.30. The van der Waals surface area contributed by atoms with Gasteiger partial charge in [-0.25, -0.2) is 0 Å². The summed E-state index contributed by atoms with van der Waals surface area (Å²) in [5.74, 6) is -1.54. The molecule has 0 spiro atoms. The molecule has 0 bridgehead atoms. The van der Waals surface area contributed by atoms with Crippen LogP contribution in [0.1, 0.15) is 45.1 Å². The minimum atomic E-state index is -0.851. The number of carbonyl (C=O) groups is 2. The van der Waals surface area contributed by atoms with Crippen LogP contribution in [0, 0.1) is 11.3 Å². The number of carboxylic acids is 1. The van der Waals surface area contributed by atoms with Crippen LogP contribution >= 0.6 is 11.6 Å². The zero-order chi connectivity index (χ0) is 17.2. The van der Waals surface area contributed by atoms with Crippen LogP contribution in [0.2, 0.25) is 5.02 Å². The second kappa shape index (κ2) is 6.91. The zero-order valence-electron chi connectivity index (χ0n) is 13.9. The molecular weight excluding hydrogens is 314 g/mol. The van der Waals surface area contributed by atoms with Crippen LogP contribution < -0.4 is 0 Å². The van der Waals surface area contributed by atoms with E-state index in [4.69, 9.17) is 11.6 Å². The molecule has 23 heavy (non-hydrogen) atoms. The number of hydrogen-bond acceptors (Lipinski definition) is 2. The first kappa shape index (κ1) is 17.8. The molecule has 1 aliphatic heterocycles. The van der Waals surface area contributed by atoms with Crippen LogP contribution in [-0.2, 0) is 9.59 Å². The van der Waals surface area contributed by atoms with Crippen molar-refractivity contribution in [1.29, 1.82) is 0 Å². The lowest BCUT2D eigenvalue weighted by Crippen LogP contribution is -2.30. The maximum Gasteiger partial charge on any atom is 0.308 e. The summed E-state index contributed by atoms with van der Waals surface area (Å²) in [4.78, 5) is 25.7. The van der Waals surface area contributed by atoms with Crippen LogP contribution in [0.3, 0.4) is 0 Å². The normalized spacial score (nSPS) is 21.5. The lowest BCUT2D eigenvalue weighted by atomic mass is 9.89. The largest absolute Gasteiger partial charge is 0.481 e. The molecule has 4 nitrogen and oxygen atoms in total. The second-order valence-corrected chi connectivity index (χ2v) is 7.90. The van der Waals surface area contributed by atoms with Crippen molar-refractivity contribution >= 4 is 23.5 Å². The van der Waals surface area contributed by atoms with Crippen LogP contribution in [0.25, 0.3) is 0 Å². The lowest BCUT2D eigenvalue weighted by molar-refractivity contribution is -0.141. The van der Waals surface area contributed by atoms with Crippen molar-refractivity contribution in [3.05, 3.63) is 34.9 Å². The summed E-state index contributed by atoms with van der Waals surface area (Å²) in [6.07, 6.45) is 1.26. The average Bonchev–Trinajstić information content (AvgIpc) is 2.90. The molecule has 1 N–H and O–H groups in total. The van der Waals surface area contributed by atoms with Gasteiger partial charge >= 0.3 is 5.97 Å². The molecular formula is C18H24ClNO3. The Morgan fingerprint density at radius 2 is 1.83 bits per heavy atom. The molecule has 0 saturated carbocycles. The van der Waals surface area contributed by atoms with Crippen molar-refractivity contribution < 1.29 is 14.7 Å². The van der Waals surface area contributed by atoms with Gasteiger partial charge in [0.25, 0.3) is 0 Å². The fourth-order valence-electron chi connectivity index (χ4n) is 2.95. The predicted octanol–water partition coefficient (Wildman–Crippen LogP) is 3.79. The maximum atomic E-state index is 12.4. The quantitative estimate of drug-likeness (QED) is 0.909. The van der Waals surface area contributed by atoms with Gasteiger partial charge in [0.05, 0.1) is 5.92 Å². The summed E-state index contributed by atoms with van der Waals surface area (Å²) in [5, 5.41) is 10.1. The van der Waals surface area contributed by atoms with Crippen molar-refractivity contribution in [2.45, 2.75) is 39.5 Å². The Bertz CT molecular complexity index is 577. The molecule has 1 aromatic carbocycles. The van der Waals surface area contributed by atoms with Crippen molar-refractivity contribution in [2.75, 3.05) is 13.1 Å². The van der Waals surface area contributed by atoms with E-state index in [-0.39, 0.29) is 23.8 Å². The number of rotatable bonds is 4. The van der Waals surface area contributed by atoms with Gasteiger partial charge in [-0.1, -0.05) is 44.5 Å². The molecule has 5 heteroatoms. The highest BCUT2D eigenvalue weighted by Crippen LogP contribution is 2.34. The van der Waals surface area contributed by atoms with E-state index in [0.29, 0.717) is 18.0 Å². The molecule has 126 valence electrons. The SMILES string of the molecule is CC(C)(C)CCC(=O)N1C[C@@H](C(=O)O)[C@H](c2ccc(Cl)cc2)C1. The summed E-state index contributed by atoms with van der Waals surface area (Å²) >= 11 is 5.90. The molecule has 1 heterocycles. The topological polar surface area (TPSA) is 57.6 Å². The third-order valence-corrected chi connectivity index (χ3v) is 4.63. The molecule has 2 rings (SSSR count). The number of likely N-dealkylation sites (tertiary alicyclic amines) is 1. The van der Waals surface area contributed by atoms with E-state index in [0.717, 1.165) is 12.0 Å². The van der Waals surface area contributed by atoms with Gasteiger partial charge in [-0.05, 0) is 29.5 Å². The molecule has 0 aliphatic carbocycles. The summed E-state index contributed by atoms with van der Waals surface area (Å²) in [7, 11) is 0. The third kappa shape index (κ3) is 4.71. The molecule has 1 saturated heterocycles. The van der Waals surface area contributed by atoms with Gasteiger partial charge in [0, 0.05) is 30.5 Å². The molecule has 1 amide bonds. The third-order valence-electron chi connectivity index (χ3n) is 4.38. The monoisotopic (exact) mass is 337 g/mol. The van der Waals surface area contributed by atoms with E-state index >= 15 is 0 Å². The molecule has 2 atom stereocenters. The summed E-state index contributed by atoms with van der Waals surface area (Å²) in [6, 6.07) is 7.23. The number of nitrogens with zero attached hydrogens (tertiary/aromatic N) is 1. The molecule has 0 aromatic heterocycles. The standard InChI is InChI=1S/C18H24ClNO3/c1-18(2,3)9-8-16(21)20-10-14(15(11-20)17(22)23)12-4-6-13(19)7-5-12/h4-7,14-15H,8-11H2,1-3H3,(H,22,23)/t14-,15+/m0/s1. The molecule has 0 unspecified atom stereocenters. The van der Waals surface area contributed by atoms with Crippen molar-refractivity contribution in [3.8, 4) is 0 Å². The van der Waals surface area contributed by atoms with Crippen LogP contribution in [0.15, 0.2) is 24.3 Å². The maximum absolute atomic E-state index is 12.4. The van der Waals surface area contributed by atoms with Gasteiger partial charge in [0.1, 0.15) is 0 Å². The number of halogens is 1. The van der Waals surface area contributed by atoms with E-state index in [1.54, 1.807) is 17.0 Å². The molecule has 1 aromatic rings. The average molecular weight is 338 g/mol. The van der Waals surface area contributed by atoms with Crippen molar-refractivity contribution in [3.63, 3.8) is 0 Å². The van der Waals surface area contributed by atoms with Gasteiger partial charge in [-0.15, -0.1) is 0 Å². The number of aliphatic carboxylic acids is 1. The van der Waals surface area contributed by atoms with E-state index in [9.17, 15) is 14.7 Å². The lowest BCUT2D eigenvalue weighted by Gasteiger charge is -2.21. The van der Waals surface area contributed by atoms with Gasteiger partial charge in [0.15, 0.2) is 0 Å². The summed E-state index contributed by atoms with van der Waals surface area (Å²) < 4.78 is 0. The van der Waals surface area contributed by atoms with Gasteiger partial charge in [-0.2, -0.15) is 0 Å². The first-order chi connectivity index (χ1) is 10.7. The van der Waals surface area contributed by atoms with Crippen LogP contribution in [0.4, 0.5) is 0 Å². The Labute approximate surface area is 142 Å². The molecule has 0 radical (unpaired) electrons. The van der Waals surface area contributed by atoms with E-state index < -0.39 is 11.9 Å². The summed E-state index contributed by atoms with van der Waals surface area (Å²) in [5.41, 5.74) is 1.02. The number of hydrogen-bond donors (Lipinski definition) is 1. The zero-order valence-corrected chi connectivity index (χ0v) is 14.6. The Hall–Kier alpha value is -1.55. The highest BCUT2D eigenvalue weighted by atomic mass is 35.5. The molecule has 1 aliphatic rings. The smallest absolute Gasteiger partial charge is 0.308 e. The fraction of sp³-hybridized carbons (Fsp3) is 0.556. The minimum Gasteiger partial charge on any atom is -0.481 e. The highest BCUT2D eigenvalue weighted by Gasteiger charge is 2.40. The number of benzene rings is 1. The summed E-state index contributed by atoms with van der Waals surface area (Å²) in [6.45, 7) is 7.04. The Morgan fingerprint density at radius 1 is 1.22 bits per heavy atom. The number of carboxylic acid groups (broad SMARTS) is 1. The predicted molar refractivity (Wildman–Crippen MR) is 90.6 cm³/mol. The molecule has 1 fully saturated rings. The van der Waals surface area contributed by atoms with E-state index in [1.807, 2.05) is 12.1 Å². The first-order valence-electron chi connectivity index (χ1n) is 7.93. The Balaban J connectivity index is 2.10. The van der Waals surface area contributed by atoms with E-state index in [2.05, 4.69) is 20.8 Å². The van der Waals surface area contributed by atoms with Crippen LogP contribution in [0.5, 0.6) is 0 Å². The number of carbonyl (C=O) groups excluding carboxylic acids is 1. The van der Waals surface area contributed by atoms with Gasteiger partial charge < -0.3 is 10.0 Å². The Morgan fingerprint density at radius 3 is 2.35 bits per heavy atom. The van der Waals surface area contributed by atoms with E-state index in [1.165, 1.54) is 0 Å². The first-order valence-corrected chi connectivity index (χ1v) is 8.31. The number of amides is 1. The minimum absolute atomic E-state index is 0.0441. The van der Waals surface area contributed by atoms with Crippen LogP contribution in [-0.4, -0.2) is 35.0 Å². The van der Waals surface area contributed by atoms with Crippen molar-refractivity contribution in [2.24, 2.45) is 11.3 Å². The van der Waals surface area contributed by atoms with Gasteiger partial charge in [0.2, 0.25) is 5.91 Å².